The van der Waals surface area contributed by atoms with Crippen LogP contribution in [-0.4, -0.2) is 89.5 Å². The van der Waals surface area contributed by atoms with Gasteiger partial charge in [0.25, 0.3) is 0 Å². The number of hydrogen-bond donors (Lipinski definition) is 4. The van der Waals surface area contributed by atoms with Crippen LogP contribution in [-0.2, 0) is 43.0 Å². The molecule has 55 heavy (non-hydrogen) atoms. The number of rotatable bonds is 38. The molecule has 0 spiro atoms. The van der Waals surface area contributed by atoms with E-state index in [9.17, 15) is 38.7 Å². The van der Waals surface area contributed by atoms with Crippen molar-refractivity contribution < 1.29 is 58.4 Å². The number of carboxylic acid groups (broad SMARTS) is 3. The quantitative estimate of drug-likeness (QED) is 0.0435. The van der Waals surface area contributed by atoms with Crippen molar-refractivity contribution in [3.8, 4) is 0 Å². The van der Waals surface area contributed by atoms with Gasteiger partial charge in [-0.3, -0.25) is 28.8 Å². The van der Waals surface area contributed by atoms with E-state index >= 15 is 0 Å². The summed E-state index contributed by atoms with van der Waals surface area (Å²) in [4.78, 5) is 78.9. The van der Waals surface area contributed by atoms with Gasteiger partial charge in [-0.25, -0.2) is 0 Å². The van der Waals surface area contributed by atoms with Crippen molar-refractivity contribution in [3.63, 3.8) is 0 Å². The first-order chi connectivity index (χ1) is 25.8. The Kier molecular flexibility index (Phi) is 41.3. The first-order valence-corrected chi connectivity index (χ1v) is 20.5. The van der Waals surface area contributed by atoms with Crippen LogP contribution in [0.1, 0.15) is 182 Å². The number of carbonyl (C=O) groups is 7. The first kappa shape index (κ1) is 56.1. The number of aliphatic carboxylic acids is 3. The number of hydrogen-bond acceptors (Lipinski definition) is 9. The molecule has 13 heteroatoms. The second-order valence-electron chi connectivity index (χ2n) is 14.0. The molecule has 0 aromatic carbocycles. The van der Waals surface area contributed by atoms with Crippen LogP contribution < -0.4 is 5.32 Å². The van der Waals surface area contributed by atoms with Crippen LogP contribution >= 0.6 is 0 Å². The number of amides is 1. The predicted molar refractivity (Wildman–Crippen MR) is 214 cm³/mol. The summed E-state index contributed by atoms with van der Waals surface area (Å²) >= 11 is 0. The van der Waals surface area contributed by atoms with Gasteiger partial charge in [-0.1, -0.05) is 91.4 Å². The van der Waals surface area contributed by atoms with Gasteiger partial charge in [0.1, 0.15) is 17.3 Å². The van der Waals surface area contributed by atoms with Gasteiger partial charge < -0.3 is 34.9 Å². The Morgan fingerprint density at radius 1 is 0.527 bits per heavy atom. The van der Waals surface area contributed by atoms with Crippen molar-refractivity contribution in [2.24, 2.45) is 11.8 Å². The highest BCUT2D eigenvalue weighted by atomic mass is 16.5. The molecule has 0 bridgehead atoms. The van der Waals surface area contributed by atoms with E-state index in [2.05, 4.69) is 5.32 Å². The van der Waals surface area contributed by atoms with Crippen LogP contribution in [0.5, 0.6) is 0 Å². The SMILES string of the molecule is C.CCC(=O)CCCCCC(CC(C)=O)C(=O)O.CCOCCOCCNC(=O)CCC(CC(=O)CCCCCCCCCCCCCCC(=O)O)C(=O)O. The average Bonchev–Trinajstić information content (AvgIpc) is 3.12. The Labute approximate surface area is 331 Å². The molecule has 0 aliphatic rings. The summed E-state index contributed by atoms with van der Waals surface area (Å²) in [6, 6.07) is 0. The molecule has 2 unspecified atom stereocenters. The number of Topliss-reactive ketones (excluding diaryl/α,β-unsaturated/α-hetero) is 3. The summed E-state index contributed by atoms with van der Waals surface area (Å²) in [7, 11) is 0. The van der Waals surface area contributed by atoms with E-state index in [4.69, 9.17) is 19.7 Å². The van der Waals surface area contributed by atoms with Crippen molar-refractivity contribution in [3.05, 3.63) is 0 Å². The molecule has 0 aliphatic carbocycles. The van der Waals surface area contributed by atoms with Crippen molar-refractivity contribution in [2.45, 2.75) is 182 Å². The molecule has 2 atom stereocenters. The van der Waals surface area contributed by atoms with E-state index in [0.717, 1.165) is 64.2 Å². The van der Waals surface area contributed by atoms with Crippen molar-refractivity contribution >= 4 is 41.2 Å². The number of carboxylic acids is 3. The second-order valence-corrected chi connectivity index (χ2v) is 14.0. The molecule has 4 N–H and O–H groups in total. The molecular formula is C42H77NO12. The van der Waals surface area contributed by atoms with Crippen LogP contribution in [0.4, 0.5) is 0 Å². The fourth-order valence-electron chi connectivity index (χ4n) is 5.80. The predicted octanol–water partition coefficient (Wildman–Crippen LogP) is 8.37. The fourth-order valence-corrected chi connectivity index (χ4v) is 5.80. The number of ketones is 3. The van der Waals surface area contributed by atoms with Gasteiger partial charge >= 0.3 is 17.9 Å². The van der Waals surface area contributed by atoms with Gasteiger partial charge in [0.05, 0.1) is 31.7 Å². The van der Waals surface area contributed by atoms with E-state index < -0.39 is 29.7 Å². The standard InChI is InChI=1S/C28H51NO8.C13H22O4.CH4/c1-2-36-21-22-37-20-19-29-26(31)18-17-24(28(34)35)23-25(30)15-13-11-9-7-5-3-4-6-8-10-12-14-16-27(32)33;1-3-12(15)8-6-4-5-7-11(13(16)17)9-10(2)14;/h24H,2-23H2,1H3,(H,29,31)(H,32,33)(H,34,35);11H,3-9H2,1-2H3,(H,16,17);1H4. The average molecular weight is 788 g/mol. The van der Waals surface area contributed by atoms with Crippen molar-refractivity contribution in [2.75, 3.05) is 33.0 Å². The third-order valence-electron chi connectivity index (χ3n) is 9.07. The third-order valence-corrected chi connectivity index (χ3v) is 9.07. The lowest BCUT2D eigenvalue weighted by Gasteiger charge is -2.12. The molecule has 1 amide bonds. The molecule has 0 radical (unpaired) electrons. The van der Waals surface area contributed by atoms with Crippen LogP contribution in [0.15, 0.2) is 0 Å². The van der Waals surface area contributed by atoms with Crippen LogP contribution in [0, 0.1) is 11.8 Å². The number of nitrogens with one attached hydrogen (secondary N) is 1. The van der Waals surface area contributed by atoms with E-state index in [-0.39, 0.29) is 62.8 Å². The first-order valence-electron chi connectivity index (χ1n) is 20.5. The maximum Gasteiger partial charge on any atom is 0.306 e. The number of unbranched alkanes of at least 4 members (excludes halogenated alkanes) is 13. The minimum Gasteiger partial charge on any atom is -0.481 e. The normalized spacial score (nSPS) is 11.7. The summed E-state index contributed by atoms with van der Waals surface area (Å²) < 4.78 is 10.5. The number of carbonyl (C=O) groups excluding carboxylic acids is 4. The number of ether oxygens (including phenoxy) is 2. The maximum atomic E-state index is 12.2. The lowest BCUT2D eigenvalue weighted by Crippen LogP contribution is -2.29. The molecule has 13 nitrogen and oxygen atoms in total. The monoisotopic (exact) mass is 788 g/mol. The lowest BCUT2D eigenvalue weighted by molar-refractivity contribution is -0.144. The Morgan fingerprint density at radius 2 is 0.982 bits per heavy atom. The summed E-state index contributed by atoms with van der Waals surface area (Å²) in [6.45, 7) is 7.51. The maximum absolute atomic E-state index is 12.2. The highest BCUT2D eigenvalue weighted by molar-refractivity contribution is 5.84. The van der Waals surface area contributed by atoms with Crippen LogP contribution in [0.2, 0.25) is 0 Å². The van der Waals surface area contributed by atoms with E-state index in [1.165, 1.54) is 39.0 Å². The summed E-state index contributed by atoms with van der Waals surface area (Å²) in [5, 5.41) is 29.6. The van der Waals surface area contributed by atoms with E-state index in [1.54, 1.807) is 0 Å². The summed E-state index contributed by atoms with van der Waals surface area (Å²) in [5.41, 5.74) is 0. The molecule has 0 fully saturated rings. The molecule has 0 aromatic heterocycles. The van der Waals surface area contributed by atoms with Gasteiger partial charge in [-0.15, -0.1) is 0 Å². The van der Waals surface area contributed by atoms with Crippen molar-refractivity contribution in [1.29, 1.82) is 0 Å². The van der Waals surface area contributed by atoms with Gasteiger partial charge in [-0.05, 0) is 46.0 Å². The molecule has 0 heterocycles. The second kappa shape index (κ2) is 40.5. The van der Waals surface area contributed by atoms with Crippen LogP contribution in [0.3, 0.4) is 0 Å². The Balaban J connectivity index is -0.00000126. The molecular weight excluding hydrogens is 710 g/mol. The smallest absolute Gasteiger partial charge is 0.306 e. The zero-order valence-corrected chi connectivity index (χ0v) is 33.7. The largest absolute Gasteiger partial charge is 0.481 e. The summed E-state index contributed by atoms with van der Waals surface area (Å²) in [6.07, 6.45) is 18.0. The van der Waals surface area contributed by atoms with Crippen molar-refractivity contribution in [1.82, 2.24) is 5.32 Å². The molecule has 0 aliphatic heterocycles. The third kappa shape index (κ3) is 41.8. The molecule has 322 valence electrons. The molecule has 0 saturated carbocycles. The minimum atomic E-state index is -1.03. The zero-order valence-electron chi connectivity index (χ0n) is 33.7. The zero-order chi connectivity index (χ0) is 40.8. The highest BCUT2D eigenvalue weighted by Crippen LogP contribution is 2.18. The highest BCUT2D eigenvalue weighted by Gasteiger charge is 2.22. The van der Waals surface area contributed by atoms with Gasteiger partial charge in [0, 0.05) is 58.1 Å². The fraction of sp³-hybridized carbons (Fsp3) is 0.833. The van der Waals surface area contributed by atoms with E-state index in [1.807, 2.05) is 13.8 Å². The minimum absolute atomic E-state index is 0. The molecule has 0 aromatic rings. The molecule has 0 saturated heterocycles. The Bertz CT molecular complexity index is 1030. The Morgan fingerprint density at radius 3 is 1.45 bits per heavy atom. The van der Waals surface area contributed by atoms with E-state index in [0.29, 0.717) is 58.7 Å². The van der Waals surface area contributed by atoms with Gasteiger partial charge in [0.15, 0.2) is 0 Å². The van der Waals surface area contributed by atoms with Crippen LogP contribution in [0.25, 0.3) is 0 Å². The molecule has 0 rings (SSSR count). The summed E-state index contributed by atoms with van der Waals surface area (Å²) in [5.74, 6) is -4.13. The topological polar surface area (TPSA) is 211 Å². The van der Waals surface area contributed by atoms with Gasteiger partial charge in [0.2, 0.25) is 5.91 Å². The van der Waals surface area contributed by atoms with Gasteiger partial charge in [-0.2, -0.15) is 0 Å². The lowest BCUT2D eigenvalue weighted by atomic mass is 9.94. The Hall–Kier alpha value is -3.19.